The molecule has 1 aromatic heterocycles. The van der Waals surface area contributed by atoms with E-state index in [4.69, 9.17) is 4.98 Å². The van der Waals surface area contributed by atoms with Crippen LogP contribution in [0.2, 0.25) is 0 Å². The lowest BCUT2D eigenvalue weighted by Crippen LogP contribution is -2.27. The summed E-state index contributed by atoms with van der Waals surface area (Å²) in [5, 5.41) is 6.84. The van der Waals surface area contributed by atoms with Crippen molar-refractivity contribution < 1.29 is 0 Å². The van der Waals surface area contributed by atoms with E-state index in [0.29, 0.717) is 6.04 Å². The third kappa shape index (κ3) is 6.79. The molecule has 1 aromatic rings. The largest absolute Gasteiger partial charge is 0.348 e. The van der Waals surface area contributed by atoms with E-state index in [1.807, 2.05) is 0 Å². The molecule has 1 atom stereocenters. The summed E-state index contributed by atoms with van der Waals surface area (Å²) in [6.07, 6.45) is 2.46. The summed E-state index contributed by atoms with van der Waals surface area (Å²) in [6.45, 7) is 16.7. The molecule has 0 aliphatic carbocycles. The summed E-state index contributed by atoms with van der Waals surface area (Å²) < 4.78 is 0. The van der Waals surface area contributed by atoms with Gasteiger partial charge in [-0.05, 0) is 38.1 Å². The van der Waals surface area contributed by atoms with Crippen LogP contribution in [0.4, 0.5) is 5.13 Å². The minimum absolute atomic E-state index is 0.344. The molecule has 0 radical (unpaired) electrons. The van der Waals surface area contributed by atoms with Crippen LogP contribution in [0.3, 0.4) is 0 Å². The minimum Gasteiger partial charge on any atom is -0.348 e. The van der Waals surface area contributed by atoms with Crippen LogP contribution in [0, 0.1) is 11.8 Å². The number of hydrogen-bond acceptors (Lipinski definition) is 4. The van der Waals surface area contributed by atoms with Gasteiger partial charge < -0.3 is 10.2 Å². The van der Waals surface area contributed by atoms with E-state index >= 15 is 0 Å². The molecule has 0 bridgehead atoms. The number of nitrogens with zero attached hydrogens (tertiary/aromatic N) is 2. The summed E-state index contributed by atoms with van der Waals surface area (Å²) in [7, 11) is 0. The lowest BCUT2D eigenvalue weighted by Gasteiger charge is -2.24. The fraction of sp³-hybridized carbons (Fsp3) is 0.824. The highest BCUT2D eigenvalue weighted by Crippen LogP contribution is 2.25. The molecule has 4 heteroatoms. The number of nitrogens with one attached hydrogen (secondary N) is 1. The first-order valence-electron chi connectivity index (χ1n) is 8.37. The molecule has 1 N–H and O–H groups in total. The molecule has 3 nitrogen and oxygen atoms in total. The van der Waals surface area contributed by atoms with Crippen molar-refractivity contribution in [2.75, 3.05) is 24.5 Å². The van der Waals surface area contributed by atoms with Gasteiger partial charge in [0.1, 0.15) is 0 Å². The summed E-state index contributed by atoms with van der Waals surface area (Å²) in [4.78, 5) is 7.35. The minimum atomic E-state index is 0.344. The van der Waals surface area contributed by atoms with Gasteiger partial charge in [0, 0.05) is 24.5 Å². The Hall–Kier alpha value is -0.610. The van der Waals surface area contributed by atoms with Gasteiger partial charge in [0.25, 0.3) is 0 Å². The Morgan fingerprint density at radius 2 is 1.67 bits per heavy atom. The van der Waals surface area contributed by atoms with E-state index in [1.165, 1.54) is 23.7 Å². The van der Waals surface area contributed by atoms with E-state index in [9.17, 15) is 0 Å². The van der Waals surface area contributed by atoms with Gasteiger partial charge in [-0.2, -0.15) is 0 Å². The van der Waals surface area contributed by atoms with Gasteiger partial charge in [-0.25, -0.2) is 4.98 Å². The Labute approximate surface area is 135 Å². The average molecular weight is 312 g/mol. The molecule has 0 saturated heterocycles. The maximum atomic E-state index is 4.87. The van der Waals surface area contributed by atoms with Crippen molar-refractivity contribution in [3.05, 3.63) is 11.1 Å². The molecule has 1 heterocycles. The Morgan fingerprint density at radius 3 is 2.14 bits per heavy atom. The van der Waals surface area contributed by atoms with Gasteiger partial charge in [0.05, 0.1) is 5.69 Å². The van der Waals surface area contributed by atoms with Crippen molar-refractivity contribution in [3.8, 4) is 0 Å². The van der Waals surface area contributed by atoms with Crippen molar-refractivity contribution >= 4 is 16.5 Å². The highest BCUT2D eigenvalue weighted by atomic mass is 32.1. The number of thiazole rings is 1. The average Bonchev–Trinajstić information content (AvgIpc) is 2.88. The highest BCUT2D eigenvalue weighted by Gasteiger charge is 2.15. The summed E-state index contributed by atoms with van der Waals surface area (Å²) in [5.74, 6) is 1.48. The standard InChI is InChI=1S/C17H33N3S/c1-7-18-15(6)16-12-21-17(19-16)20(10-8-13(2)3)11-9-14(4)5/h12-15,18H,7-11H2,1-6H3. The third-order valence-corrected chi connectivity index (χ3v) is 4.61. The predicted octanol–water partition coefficient (Wildman–Crippen LogP) is 4.71. The molecule has 1 rings (SSSR count). The first-order valence-corrected chi connectivity index (χ1v) is 9.25. The van der Waals surface area contributed by atoms with Gasteiger partial charge in [0.15, 0.2) is 5.13 Å². The number of rotatable bonds is 10. The van der Waals surface area contributed by atoms with E-state index in [0.717, 1.165) is 31.5 Å². The SMILES string of the molecule is CCNC(C)c1csc(N(CCC(C)C)CCC(C)C)n1. The Bertz CT molecular complexity index is 375. The molecule has 0 spiro atoms. The smallest absolute Gasteiger partial charge is 0.185 e. The van der Waals surface area contributed by atoms with Crippen molar-refractivity contribution in [2.45, 2.75) is 60.4 Å². The molecule has 0 aliphatic rings. The van der Waals surface area contributed by atoms with E-state index in [-0.39, 0.29) is 0 Å². The first kappa shape index (κ1) is 18.4. The van der Waals surface area contributed by atoms with Gasteiger partial charge in [-0.15, -0.1) is 11.3 Å². The molecule has 0 aliphatic heterocycles. The molecular formula is C17H33N3S. The lowest BCUT2D eigenvalue weighted by atomic mass is 10.1. The van der Waals surface area contributed by atoms with E-state index in [1.54, 1.807) is 11.3 Å². The number of anilines is 1. The molecule has 1 unspecified atom stereocenters. The van der Waals surface area contributed by atoms with Crippen LogP contribution in [0.1, 0.15) is 66.1 Å². The Kier molecular flexibility index (Phi) is 8.27. The van der Waals surface area contributed by atoms with Crippen LogP contribution in [0.5, 0.6) is 0 Å². The lowest BCUT2D eigenvalue weighted by molar-refractivity contribution is 0.533. The fourth-order valence-electron chi connectivity index (χ4n) is 2.16. The second kappa shape index (κ2) is 9.42. The third-order valence-electron chi connectivity index (χ3n) is 3.69. The zero-order valence-electron chi connectivity index (χ0n) is 14.6. The quantitative estimate of drug-likeness (QED) is 0.678. The maximum absolute atomic E-state index is 4.87. The van der Waals surface area contributed by atoms with Crippen LogP contribution >= 0.6 is 11.3 Å². The van der Waals surface area contributed by atoms with E-state index in [2.05, 4.69) is 57.1 Å². The highest BCUT2D eigenvalue weighted by molar-refractivity contribution is 7.13. The summed E-state index contributed by atoms with van der Waals surface area (Å²) in [6, 6.07) is 0.344. The van der Waals surface area contributed by atoms with Crippen LogP contribution in [-0.4, -0.2) is 24.6 Å². The van der Waals surface area contributed by atoms with Crippen LogP contribution in [-0.2, 0) is 0 Å². The van der Waals surface area contributed by atoms with Gasteiger partial charge >= 0.3 is 0 Å². The van der Waals surface area contributed by atoms with Crippen molar-refractivity contribution in [2.24, 2.45) is 11.8 Å². The topological polar surface area (TPSA) is 28.2 Å². The van der Waals surface area contributed by atoms with Gasteiger partial charge in [-0.3, -0.25) is 0 Å². The zero-order chi connectivity index (χ0) is 15.8. The van der Waals surface area contributed by atoms with Crippen molar-refractivity contribution in [1.82, 2.24) is 10.3 Å². The molecule has 0 fully saturated rings. The maximum Gasteiger partial charge on any atom is 0.185 e. The first-order chi connectivity index (χ1) is 9.93. The molecule has 21 heavy (non-hydrogen) atoms. The Balaban J connectivity index is 2.71. The number of aromatic nitrogens is 1. The summed E-state index contributed by atoms with van der Waals surface area (Å²) in [5.41, 5.74) is 1.18. The zero-order valence-corrected chi connectivity index (χ0v) is 15.5. The van der Waals surface area contributed by atoms with Gasteiger partial charge in [0.2, 0.25) is 0 Å². The number of hydrogen-bond donors (Lipinski definition) is 1. The molecule has 122 valence electrons. The van der Waals surface area contributed by atoms with Gasteiger partial charge in [-0.1, -0.05) is 34.6 Å². The van der Waals surface area contributed by atoms with Crippen molar-refractivity contribution in [1.29, 1.82) is 0 Å². The Morgan fingerprint density at radius 1 is 1.10 bits per heavy atom. The van der Waals surface area contributed by atoms with Crippen LogP contribution in [0.25, 0.3) is 0 Å². The van der Waals surface area contributed by atoms with Crippen LogP contribution < -0.4 is 10.2 Å². The van der Waals surface area contributed by atoms with Crippen LogP contribution in [0.15, 0.2) is 5.38 Å². The second-order valence-electron chi connectivity index (χ2n) is 6.69. The molecule has 0 amide bonds. The fourth-order valence-corrected chi connectivity index (χ4v) is 3.14. The predicted molar refractivity (Wildman–Crippen MR) is 95.3 cm³/mol. The van der Waals surface area contributed by atoms with Crippen molar-refractivity contribution in [3.63, 3.8) is 0 Å². The summed E-state index contributed by atoms with van der Waals surface area (Å²) >= 11 is 1.79. The monoisotopic (exact) mass is 311 g/mol. The molecule has 0 aromatic carbocycles. The van der Waals surface area contributed by atoms with E-state index < -0.39 is 0 Å². The molecular weight excluding hydrogens is 278 g/mol. The normalized spacial score (nSPS) is 13.1. The second-order valence-corrected chi connectivity index (χ2v) is 7.52. The molecule has 0 saturated carbocycles.